The molecule has 1 amide bonds. The molecule has 1 aliphatic rings. The van der Waals surface area contributed by atoms with Crippen molar-refractivity contribution in [2.24, 2.45) is 0 Å². The summed E-state index contributed by atoms with van der Waals surface area (Å²) < 4.78 is 69.8. The van der Waals surface area contributed by atoms with Gasteiger partial charge in [-0.05, 0) is 55.5 Å². The van der Waals surface area contributed by atoms with E-state index < -0.39 is 41.5 Å². The van der Waals surface area contributed by atoms with E-state index in [1.807, 2.05) is 6.92 Å². The van der Waals surface area contributed by atoms with Crippen molar-refractivity contribution < 1.29 is 36.2 Å². The maximum absolute atomic E-state index is 13.7. The van der Waals surface area contributed by atoms with Crippen LogP contribution in [0.15, 0.2) is 52.6 Å². The molecule has 1 fully saturated rings. The van der Waals surface area contributed by atoms with Crippen molar-refractivity contribution in [3.05, 3.63) is 83.0 Å². The van der Waals surface area contributed by atoms with Gasteiger partial charge in [0.25, 0.3) is 5.91 Å². The van der Waals surface area contributed by atoms with Crippen LogP contribution >= 0.6 is 12.2 Å². The lowest BCUT2D eigenvalue weighted by Crippen LogP contribution is -2.30. The topological polar surface area (TPSA) is 63.9 Å². The van der Waals surface area contributed by atoms with E-state index in [2.05, 4.69) is 5.32 Å². The zero-order valence-corrected chi connectivity index (χ0v) is 18.3. The molecular weight excluding hydrogens is 476 g/mol. The molecule has 0 unspecified atom stereocenters. The molecule has 0 spiro atoms. The Labute approximate surface area is 196 Å². The molecule has 34 heavy (non-hydrogen) atoms. The number of nitrogens with one attached hydrogen (secondary N) is 1. The standard InChI is InChI=1S/C23H16F4N2O4S/c1-2-31-13-5-3-12(4-6-13)29-22(30)18(28-23(29)34)9-14-7-8-15(33-14)11-32-21-19(26)16(24)10-17(25)20(21)27/h3-10H,2,11H2,1H3,(H,28,34)/b18-9+. The first-order chi connectivity index (χ1) is 16.3. The Hall–Kier alpha value is -3.86. The number of amides is 1. The molecular formula is C23H16F4N2O4S. The zero-order chi connectivity index (χ0) is 24.4. The Morgan fingerprint density at radius 2 is 1.71 bits per heavy atom. The van der Waals surface area contributed by atoms with Crippen LogP contribution in [-0.4, -0.2) is 17.6 Å². The predicted molar refractivity (Wildman–Crippen MR) is 118 cm³/mol. The van der Waals surface area contributed by atoms with Crippen LogP contribution in [0.2, 0.25) is 0 Å². The molecule has 0 atom stereocenters. The van der Waals surface area contributed by atoms with Crippen LogP contribution in [-0.2, 0) is 11.4 Å². The fourth-order valence-electron chi connectivity index (χ4n) is 3.14. The van der Waals surface area contributed by atoms with E-state index in [9.17, 15) is 22.4 Å². The number of carbonyl (C=O) groups excluding carboxylic acids is 1. The maximum atomic E-state index is 13.7. The minimum atomic E-state index is -1.66. The van der Waals surface area contributed by atoms with E-state index in [1.165, 1.54) is 23.1 Å². The summed E-state index contributed by atoms with van der Waals surface area (Å²) >= 11 is 5.26. The summed E-state index contributed by atoms with van der Waals surface area (Å²) in [4.78, 5) is 14.1. The number of anilines is 1. The lowest BCUT2D eigenvalue weighted by atomic mass is 10.2. The lowest BCUT2D eigenvalue weighted by molar-refractivity contribution is -0.113. The van der Waals surface area contributed by atoms with Crippen LogP contribution in [0.5, 0.6) is 11.5 Å². The van der Waals surface area contributed by atoms with E-state index in [0.29, 0.717) is 18.0 Å². The number of hydrogen-bond donors (Lipinski definition) is 1. The number of rotatable bonds is 7. The Kier molecular flexibility index (Phi) is 6.55. The fourth-order valence-corrected chi connectivity index (χ4v) is 3.44. The van der Waals surface area contributed by atoms with Gasteiger partial charge in [0, 0.05) is 12.1 Å². The van der Waals surface area contributed by atoms with Crippen LogP contribution < -0.4 is 19.7 Å². The highest BCUT2D eigenvalue weighted by atomic mass is 32.1. The average molecular weight is 492 g/mol. The molecule has 1 aliphatic heterocycles. The molecule has 1 N–H and O–H groups in total. The molecule has 0 radical (unpaired) electrons. The first-order valence-electron chi connectivity index (χ1n) is 9.93. The van der Waals surface area contributed by atoms with Crippen LogP contribution in [0.1, 0.15) is 18.4 Å². The third kappa shape index (κ3) is 4.60. The van der Waals surface area contributed by atoms with Crippen molar-refractivity contribution in [3.63, 3.8) is 0 Å². The molecule has 0 bridgehead atoms. The number of halogens is 4. The van der Waals surface area contributed by atoms with E-state index in [0.717, 1.165) is 0 Å². The summed E-state index contributed by atoms with van der Waals surface area (Å²) in [6.45, 7) is 1.85. The summed E-state index contributed by atoms with van der Waals surface area (Å²) in [6, 6.07) is 9.78. The van der Waals surface area contributed by atoms with E-state index in [1.54, 1.807) is 24.3 Å². The van der Waals surface area contributed by atoms with Crippen molar-refractivity contribution >= 4 is 35.0 Å². The van der Waals surface area contributed by atoms with E-state index in [-0.39, 0.29) is 28.4 Å². The predicted octanol–water partition coefficient (Wildman–Crippen LogP) is 5.08. The average Bonchev–Trinajstić information content (AvgIpc) is 3.37. The summed E-state index contributed by atoms with van der Waals surface area (Å²) in [6.07, 6.45) is 1.38. The zero-order valence-electron chi connectivity index (χ0n) is 17.5. The molecule has 0 aliphatic carbocycles. The lowest BCUT2D eigenvalue weighted by Gasteiger charge is -2.14. The second-order valence-corrected chi connectivity index (χ2v) is 7.33. The molecule has 2 heterocycles. The third-order valence-corrected chi connectivity index (χ3v) is 4.97. The number of benzene rings is 2. The first kappa shape index (κ1) is 23.3. The largest absolute Gasteiger partial charge is 0.494 e. The van der Waals surface area contributed by atoms with Gasteiger partial charge in [0.2, 0.25) is 11.6 Å². The molecule has 0 saturated carbocycles. The number of hydrogen-bond acceptors (Lipinski definition) is 5. The van der Waals surface area contributed by atoms with Crippen LogP contribution in [0.4, 0.5) is 23.2 Å². The monoisotopic (exact) mass is 492 g/mol. The normalized spacial score (nSPS) is 14.6. The highest BCUT2D eigenvalue weighted by Crippen LogP contribution is 2.28. The Bertz CT molecular complexity index is 1260. The van der Waals surface area contributed by atoms with Gasteiger partial charge in [-0.3, -0.25) is 9.69 Å². The second-order valence-electron chi connectivity index (χ2n) is 6.95. The van der Waals surface area contributed by atoms with Crippen molar-refractivity contribution in [1.29, 1.82) is 0 Å². The van der Waals surface area contributed by atoms with Crippen LogP contribution in [0, 0.1) is 23.3 Å². The Balaban J connectivity index is 1.47. The summed E-state index contributed by atoms with van der Waals surface area (Å²) in [5, 5.41) is 2.96. The van der Waals surface area contributed by atoms with Gasteiger partial charge >= 0.3 is 0 Å². The van der Waals surface area contributed by atoms with Crippen LogP contribution in [0.25, 0.3) is 6.08 Å². The number of nitrogens with zero attached hydrogens (tertiary/aromatic N) is 1. The van der Waals surface area contributed by atoms with Gasteiger partial charge in [0.15, 0.2) is 22.5 Å². The van der Waals surface area contributed by atoms with Gasteiger partial charge in [0.05, 0.1) is 12.3 Å². The van der Waals surface area contributed by atoms with E-state index >= 15 is 0 Å². The van der Waals surface area contributed by atoms with Gasteiger partial charge in [-0.1, -0.05) is 0 Å². The van der Waals surface area contributed by atoms with Crippen molar-refractivity contribution in [3.8, 4) is 11.5 Å². The van der Waals surface area contributed by atoms with Gasteiger partial charge in [-0.15, -0.1) is 0 Å². The second kappa shape index (κ2) is 9.56. The third-order valence-electron chi connectivity index (χ3n) is 4.68. The molecule has 6 nitrogen and oxygen atoms in total. The molecule has 4 rings (SSSR count). The van der Waals surface area contributed by atoms with Crippen molar-refractivity contribution in [2.45, 2.75) is 13.5 Å². The van der Waals surface area contributed by atoms with Gasteiger partial charge in [0.1, 0.15) is 29.6 Å². The molecule has 3 aromatic rings. The van der Waals surface area contributed by atoms with E-state index in [4.69, 9.17) is 26.1 Å². The van der Waals surface area contributed by atoms with Crippen LogP contribution in [0.3, 0.4) is 0 Å². The summed E-state index contributed by atoms with van der Waals surface area (Å²) in [5.41, 5.74) is 0.666. The van der Waals surface area contributed by atoms with Gasteiger partial charge in [-0.2, -0.15) is 8.78 Å². The van der Waals surface area contributed by atoms with Crippen molar-refractivity contribution in [2.75, 3.05) is 11.5 Å². The summed E-state index contributed by atoms with van der Waals surface area (Å²) in [7, 11) is 0. The quantitative estimate of drug-likeness (QED) is 0.215. The molecule has 2 aromatic carbocycles. The first-order valence-corrected chi connectivity index (χ1v) is 10.3. The smallest absolute Gasteiger partial charge is 0.281 e. The highest BCUT2D eigenvalue weighted by molar-refractivity contribution is 7.80. The molecule has 1 aromatic heterocycles. The fraction of sp³-hybridized carbons (Fsp3) is 0.130. The van der Waals surface area contributed by atoms with Crippen molar-refractivity contribution in [1.82, 2.24) is 5.32 Å². The summed E-state index contributed by atoms with van der Waals surface area (Å²) in [5.74, 6) is -7.16. The SMILES string of the molecule is CCOc1ccc(N2C(=O)/C(=C\c3ccc(COc4c(F)c(F)cc(F)c4F)o3)NC2=S)cc1. The Morgan fingerprint density at radius 1 is 1.03 bits per heavy atom. The number of furan rings is 1. The Morgan fingerprint density at radius 3 is 2.35 bits per heavy atom. The molecule has 11 heteroatoms. The number of carbonyl (C=O) groups is 1. The number of thiocarbonyl (C=S) groups is 1. The van der Waals surface area contributed by atoms with Gasteiger partial charge < -0.3 is 19.2 Å². The molecule has 176 valence electrons. The minimum absolute atomic E-state index is 0.0847. The molecule has 1 saturated heterocycles. The minimum Gasteiger partial charge on any atom is -0.494 e. The maximum Gasteiger partial charge on any atom is 0.281 e. The van der Waals surface area contributed by atoms with Gasteiger partial charge in [-0.25, -0.2) is 8.78 Å². The number of ether oxygens (including phenoxy) is 2. The highest BCUT2D eigenvalue weighted by Gasteiger charge is 2.32.